The average molecular weight is 476 g/mol. The van der Waals surface area contributed by atoms with Gasteiger partial charge in [0.2, 0.25) is 0 Å². The van der Waals surface area contributed by atoms with Gasteiger partial charge in [-0.1, -0.05) is 60.6 Å². The second-order valence-corrected chi connectivity index (χ2v) is 15.1. The highest BCUT2D eigenvalue weighted by molar-refractivity contribution is 6.04. The summed E-state index contributed by atoms with van der Waals surface area (Å²) in [5, 5.41) is 9.87. The molecule has 190 valence electrons. The molecular weight excluding hydrogens is 430 g/mol. The molecule has 3 unspecified atom stereocenters. The molecule has 0 aliphatic heterocycles. The van der Waals surface area contributed by atoms with Crippen molar-refractivity contribution in [3.05, 3.63) is 24.3 Å². The second kappa shape index (κ2) is 7.20. The van der Waals surface area contributed by atoms with Crippen molar-refractivity contribution in [2.24, 2.45) is 56.2 Å². The van der Waals surface area contributed by atoms with Gasteiger partial charge in [0, 0.05) is 17.8 Å². The van der Waals surface area contributed by atoms with Crippen molar-refractivity contribution in [2.75, 3.05) is 0 Å². The van der Waals surface area contributed by atoms with E-state index in [2.05, 4.69) is 53.3 Å². The molecule has 5 aliphatic rings. The van der Waals surface area contributed by atoms with Gasteiger partial charge in [-0.25, -0.2) is 0 Å². The second-order valence-electron chi connectivity index (χ2n) is 15.1. The number of carbonyl (C=O) groups is 2. The van der Waals surface area contributed by atoms with E-state index in [0.717, 1.165) is 38.5 Å². The smallest absolute Gasteiger partial charge is 0.178 e. The summed E-state index contributed by atoms with van der Waals surface area (Å²) in [5.41, 5.74) is -0.313. The molecular formula is C32H45NO2. The Labute approximate surface area is 212 Å². The van der Waals surface area contributed by atoms with Crippen LogP contribution in [-0.2, 0) is 9.59 Å². The summed E-state index contributed by atoms with van der Waals surface area (Å²) in [6, 6.07) is 2.23. The molecule has 0 saturated heterocycles. The van der Waals surface area contributed by atoms with Crippen LogP contribution in [0.25, 0.3) is 0 Å². The molecule has 3 heteroatoms. The Balaban J connectivity index is 1.64. The molecule has 8 atom stereocenters. The predicted molar refractivity (Wildman–Crippen MR) is 139 cm³/mol. The van der Waals surface area contributed by atoms with Gasteiger partial charge >= 0.3 is 0 Å². The van der Waals surface area contributed by atoms with Crippen LogP contribution in [0.4, 0.5) is 0 Å². The quantitative estimate of drug-likeness (QED) is 0.370. The van der Waals surface area contributed by atoms with Gasteiger partial charge in [-0.05, 0) is 89.8 Å². The lowest BCUT2D eigenvalue weighted by Gasteiger charge is -2.71. The van der Waals surface area contributed by atoms with Gasteiger partial charge in [0.05, 0.1) is 5.57 Å². The van der Waals surface area contributed by atoms with Crippen LogP contribution in [0.15, 0.2) is 24.3 Å². The third kappa shape index (κ3) is 2.95. The largest absolute Gasteiger partial charge is 0.299 e. The fourth-order valence-electron chi connectivity index (χ4n) is 10.7. The van der Waals surface area contributed by atoms with Crippen LogP contribution < -0.4 is 0 Å². The van der Waals surface area contributed by atoms with E-state index >= 15 is 0 Å². The van der Waals surface area contributed by atoms with E-state index < -0.39 is 5.41 Å². The first-order valence-corrected chi connectivity index (χ1v) is 14.0. The molecule has 0 aromatic carbocycles. The van der Waals surface area contributed by atoms with Crippen molar-refractivity contribution in [1.82, 2.24) is 0 Å². The lowest BCUT2D eigenvalue weighted by molar-refractivity contribution is -0.217. The number of hydrogen-bond acceptors (Lipinski definition) is 3. The van der Waals surface area contributed by atoms with Gasteiger partial charge < -0.3 is 0 Å². The van der Waals surface area contributed by atoms with Crippen LogP contribution in [0.3, 0.4) is 0 Å². The Bertz CT molecular complexity index is 1070. The maximum atomic E-state index is 14.4. The molecule has 5 aliphatic carbocycles. The maximum absolute atomic E-state index is 14.4. The third-order valence-corrected chi connectivity index (χ3v) is 12.9. The number of nitrogens with zero attached hydrogens (tertiary/aromatic N) is 1. The molecule has 0 N–H and O–H groups in total. The summed E-state index contributed by atoms with van der Waals surface area (Å²) in [7, 11) is 0. The zero-order valence-electron chi connectivity index (χ0n) is 23.1. The summed E-state index contributed by atoms with van der Waals surface area (Å²) >= 11 is 0. The van der Waals surface area contributed by atoms with Crippen molar-refractivity contribution < 1.29 is 9.59 Å². The van der Waals surface area contributed by atoms with E-state index in [1.807, 2.05) is 19.9 Å². The number of fused-ring (bicyclic) bond motifs is 7. The Morgan fingerprint density at radius 3 is 2.23 bits per heavy atom. The minimum absolute atomic E-state index is 0.000714. The SMILES string of the molecule is C=C[C@]12CCC(C)(C)CC1C1C(=O)CC3[C@@]4(C)C=C(C#N)C(=O)C(C)(C)[C@@H]4CC[C@@]3(C)[C@]1(C)CC2. The zero-order valence-corrected chi connectivity index (χ0v) is 23.1. The van der Waals surface area contributed by atoms with Crippen LogP contribution in [0.5, 0.6) is 0 Å². The molecule has 4 saturated carbocycles. The Morgan fingerprint density at radius 2 is 1.60 bits per heavy atom. The van der Waals surface area contributed by atoms with E-state index in [0.29, 0.717) is 23.7 Å². The van der Waals surface area contributed by atoms with Crippen LogP contribution in [-0.4, -0.2) is 11.6 Å². The minimum Gasteiger partial charge on any atom is -0.299 e. The molecule has 3 nitrogen and oxygen atoms in total. The Morgan fingerprint density at radius 1 is 0.943 bits per heavy atom. The normalized spacial score (nSPS) is 49.9. The van der Waals surface area contributed by atoms with Crippen molar-refractivity contribution in [2.45, 2.75) is 99.8 Å². The van der Waals surface area contributed by atoms with Crippen molar-refractivity contribution in [3.8, 4) is 6.07 Å². The van der Waals surface area contributed by atoms with Crippen molar-refractivity contribution in [1.29, 1.82) is 5.26 Å². The summed E-state index contributed by atoms with van der Waals surface area (Å²) in [6.07, 6.45) is 12.5. The number of Topliss-reactive ketones (excluding diaryl/α,β-unsaturated/α-hetero) is 2. The third-order valence-electron chi connectivity index (χ3n) is 12.9. The van der Waals surface area contributed by atoms with Crippen LogP contribution in [0, 0.1) is 67.5 Å². The van der Waals surface area contributed by atoms with Gasteiger partial charge in [-0.15, -0.1) is 6.58 Å². The van der Waals surface area contributed by atoms with Crippen LogP contribution in [0.1, 0.15) is 99.8 Å². The first-order valence-electron chi connectivity index (χ1n) is 14.0. The predicted octanol–water partition coefficient (Wildman–Crippen LogP) is 7.47. The van der Waals surface area contributed by atoms with Gasteiger partial charge in [0.1, 0.15) is 11.9 Å². The highest BCUT2D eigenvalue weighted by Crippen LogP contribution is 2.75. The van der Waals surface area contributed by atoms with E-state index in [1.54, 1.807) is 0 Å². The fourth-order valence-corrected chi connectivity index (χ4v) is 10.7. The van der Waals surface area contributed by atoms with Gasteiger partial charge in [0.25, 0.3) is 0 Å². The molecule has 0 bridgehead atoms. The van der Waals surface area contributed by atoms with Gasteiger partial charge in [-0.2, -0.15) is 5.26 Å². The number of carbonyl (C=O) groups excluding carboxylic acids is 2. The Hall–Kier alpha value is -1.69. The van der Waals surface area contributed by atoms with E-state index in [-0.39, 0.29) is 50.6 Å². The molecule has 0 radical (unpaired) electrons. The zero-order chi connectivity index (χ0) is 25.8. The fraction of sp³-hybridized carbons (Fsp3) is 0.781. The molecule has 35 heavy (non-hydrogen) atoms. The molecule has 0 aromatic rings. The summed E-state index contributed by atoms with van der Waals surface area (Å²) < 4.78 is 0. The van der Waals surface area contributed by atoms with Gasteiger partial charge in [-0.3, -0.25) is 9.59 Å². The highest BCUT2D eigenvalue weighted by atomic mass is 16.1. The number of nitriles is 1. The number of ketones is 2. The topological polar surface area (TPSA) is 57.9 Å². The first kappa shape index (κ1) is 25.0. The van der Waals surface area contributed by atoms with E-state index in [9.17, 15) is 14.9 Å². The Kier molecular flexibility index (Phi) is 5.14. The molecule has 4 fully saturated rings. The summed E-state index contributed by atoms with van der Waals surface area (Å²) in [6.45, 7) is 20.3. The van der Waals surface area contributed by atoms with Gasteiger partial charge in [0.15, 0.2) is 5.78 Å². The highest BCUT2D eigenvalue weighted by Gasteiger charge is 2.71. The lowest BCUT2D eigenvalue weighted by Crippen LogP contribution is -2.68. The van der Waals surface area contributed by atoms with E-state index in [4.69, 9.17) is 0 Å². The monoisotopic (exact) mass is 475 g/mol. The lowest BCUT2D eigenvalue weighted by atomic mass is 9.31. The van der Waals surface area contributed by atoms with Crippen LogP contribution in [0.2, 0.25) is 0 Å². The summed E-state index contributed by atoms with van der Waals surface area (Å²) in [4.78, 5) is 27.6. The molecule has 5 rings (SSSR count). The number of rotatable bonds is 1. The number of allylic oxidation sites excluding steroid dienone is 3. The maximum Gasteiger partial charge on any atom is 0.178 e. The minimum atomic E-state index is -0.575. The first-order chi connectivity index (χ1) is 16.1. The molecule has 0 spiro atoms. The average Bonchev–Trinajstić information content (AvgIpc) is 2.77. The van der Waals surface area contributed by atoms with E-state index in [1.165, 1.54) is 6.42 Å². The molecule has 0 amide bonds. The van der Waals surface area contributed by atoms with Crippen molar-refractivity contribution >= 4 is 11.6 Å². The van der Waals surface area contributed by atoms with Crippen molar-refractivity contribution in [3.63, 3.8) is 0 Å². The molecule has 0 aromatic heterocycles. The summed E-state index contributed by atoms with van der Waals surface area (Å²) in [5.74, 6) is 1.18. The molecule has 0 heterocycles. The standard InChI is InChI=1S/C32H45NO2/c1-9-32-14-12-27(2,3)18-21(32)25-22(34)16-24-29(6)17-20(19-33)26(35)28(4,5)23(29)10-11-30(24,7)31(25,8)13-15-32/h9,17,21,23-25H,1,10-16,18H2,2-8H3/t21?,23-,24?,25?,29-,30+,31+,32+/m0/s1. The van der Waals surface area contributed by atoms with Crippen LogP contribution >= 0.6 is 0 Å². The number of hydrogen-bond donors (Lipinski definition) is 0.